The Labute approximate surface area is 202 Å². The maximum Gasteiger partial charge on any atom is 0.417 e. The van der Waals surface area contributed by atoms with Crippen LogP contribution in [0.2, 0.25) is 0 Å². The summed E-state index contributed by atoms with van der Waals surface area (Å²) in [6.07, 6.45) is 3.50. The Bertz CT molecular complexity index is 1010. The highest BCUT2D eigenvalue weighted by atomic mass is 32.1. The number of aryl methyl sites for hydroxylation is 1. The van der Waals surface area contributed by atoms with Gasteiger partial charge in [-0.05, 0) is 43.5 Å². The van der Waals surface area contributed by atoms with Crippen molar-refractivity contribution in [2.45, 2.75) is 63.4 Å². The van der Waals surface area contributed by atoms with E-state index in [9.17, 15) is 23.1 Å². The molecule has 0 saturated heterocycles. The third kappa shape index (κ3) is 6.15. The summed E-state index contributed by atoms with van der Waals surface area (Å²) in [4.78, 5) is 26.3. The minimum absolute atomic E-state index is 0.130. The lowest BCUT2D eigenvalue weighted by molar-refractivity contribution is -0.137. The largest absolute Gasteiger partial charge is 0.417 e. The summed E-state index contributed by atoms with van der Waals surface area (Å²) >= 11 is 4.41. The zero-order chi connectivity index (χ0) is 24.9. The SMILES string of the molecule is Cc1cc(-c2ccc(C(F)(F)F)cn2)nc(C2CCCCC2)c1N=CN(C=O)C(S)C(C)CO. The van der Waals surface area contributed by atoms with Crippen LogP contribution in [0.4, 0.5) is 18.9 Å². The molecule has 10 heteroatoms. The van der Waals surface area contributed by atoms with E-state index in [2.05, 4.69) is 22.6 Å². The predicted molar refractivity (Wildman–Crippen MR) is 128 cm³/mol. The van der Waals surface area contributed by atoms with E-state index in [0.29, 0.717) is 23.5 Å². The Morgan fingerprint density at radius 1 is 1.26 bits per heavy atom. The van der Waals surface area contributed by atoms with Crippen molar-refractivity contribution < 1.29 is 23.1 Å². The molecule has 2 atom stereocenters. The normalized spacial score (nSPS) is 17.0. The number of aliphatic hydroxyl groups is 1. The second kappa shape index (κ2) is 11.3. The van der Waals surface area contributed by atoms with Crippen LogP contribution in [0, 0.1) is 12.8 Å². The molecule has 0 bridgehead atoms. The lowest BCUT2D eigenvalue weighted by atomic mass is 9.85. The number of thiol groups is 1. The third-order valence-corrected chi connectivity index (χ3v) is 6.88. The topological polar surface area (TPSA) is 78.7 Å². The van der Waals surface area contributed by atoms with Crippen molar-refractivity contribution in [2.24, 2.45) is 10.9 Å². The molecule has 0 aliphatic heterocycles. The van der Waals surface area contributed by atoms with Gasteiger partial charge in [-0.3, -0.25) is 14.7 Å². The number of carbonyl (C=O) groups excluding carboxylic acids is 1. The summed E-state index contributed by atoms with van der Waals surface area (Å²) in [5.41, 5.74) is 2.19. The van der Waals surface area contributed by atoms with E-state index in [-0.39, 0.29) is 18.4 Å². The first-order valence-electron chi connectivity index (χ1n) is 11.3. The molecule has 0 radical (unpaired) electrons. The summed E-state index contributed by atoms with van der Waals surface area (Å²) in [6.45, 7) is 3.50. The van der Waals surface area contributed by atoms with Crippen molar-refractivity contribution in [2.75, 3.05) is 6.61 Å². The van der Waals surface area contributed by atoms with Crippen LogP contribution >= 0.6 is 12.6 Å². The number of hydrogen-bond acceptors (Lipinski definition) is 6. The van der Waals surface area contributed by atoms with Crippen molar-refractivity contribution in [3.05, 3.63) is 41.2 Å². The van der Waals surface area contributed by atoms with Crippen LogP contribution < -0.4 is 0 Å². The van der Waals surface area contributed by atoms with Crippen LogP contribution in [0.25, 0.3) is 11.4 Å². The summed E-state index contributed by atoms with van der Waals surface area (Å²) < 4.78 is 38.8. The molecule has 1 aliphatic rings. The quantitative estimate of drug-likeness (QED) is 0.167. The average Bonchev–Trinajstić information content (AvgIpc) is 2.84. The van der Waals surface area contributed by atoms with Crippen LogP contribution in [0.3, 0.4) is 0 Å². The fourth-order valence-electron chi connectivity index (χ4n) is 4.03. The molecule has 2 aromatic heterocycles. The Morgan fingerprint density at radius 3 is 2.53 bits per heavy atom. The van der Waals surface area contributed by atoms with Crippen LogP contribution in [-0.4, -0.2) is 44.7 Å². The molecule has 1 fully saturated rings. The maximum atomic E-state index is 12.9. The van der Waals surface area contributed by atoms with Gasteiger partial charge in [0.25, 0.3) is 0 Å². The van der Waals surface area contributed by atoms with Gasteiger partial charge in [-0.1, -0.05) is 26.2 Å². The average molecular weight is 495 g/mol. The standard InChI is InChI=1S/C24H29F3N4O2S/c1-15-10-20(19-9-8-18(11-28-19)24(25,26)27)30-22(17-6-4-3-5-7-17)21(15)29-13-31(14-33)23(34)16(2)12-32/h8-11,13-14,16-17,23,32,34H,3-7,12H2,1-2H3. The second-order valence-electron chi connectivity index (χ2n) is 8.69. The molecular weight excluding hydrogens is 465 g/mol. The second-order valence-corrected chi connectivity index (χ2v) is 9.22. The number of aromatic nitrogens is 2. The molecule has 1 saturated carbocycles. The molecule has 34 heavy (non-hydrogen) atoms. The van der Waals surface area contributed by atoms with E-state index in [4.69, 9.17) is 4.98 Å². The minimum atomic E-state index is -4.45. The first kappa shape index (κ1) is 26.2. The van der Waals surface area contributed by atoms with Gasteiger partial charge >= 0.3 is 6.18 Å². The maximum absolute atomic E-state index is 12.9. The highest BCUT2D eigenvalue weighted by Crippen LogP contribution is 2.39. The molecule has 1 amide bonds. The molecule has 184 valence electrons. The number of aliphatic hydroxyl groups excluding tert-OH is 1. The highest BCUT2D eigenvalue weighted by Gasteiger charge is 2.31. The highest BCUT2D eigenvalue weighted by molar-refractivity contribution is 7.80. The zero-order valence-corrected chi connectivity index (χ0v) is 20.1. The molecule has 6 nitrogen and oxygen atoms in total. The Balaban J connectivity index is 2.01. The van der Waals surface area contributed by atoms with Crippen LogP contribution in [-0.2, 0) is 11.0 Å². The van der Waals surface area contributed by atoms with Crippen molar-refractivity contribution in [3.8, 4) is 11.4 Å². The van der Waals surface area contributed by atoms with Crippen LogP contribution in [0.1, 0.15) is 61.8 Å². The third-order valence-electron chi connectivity index (χ3n) is 6.10. The van der Waals surface area contributed by atoms with Crippen molar-refractivity contribution in [3.63, 3.8) is 0 Å². The first-order valence-corrected chi connectivity index (χ1v) is 11.8. The number of rotatable bonds is 8. The summed E-state index contributed by atoms with van der Waals surface area (Å²) in [5.74, 6) is -0.105. The van der Waals surface area contributed by atoms with Gasteiger partial charge in [-0.2, -0.15) is 25.8 Å². The van der Waals surface area contributed by atoms with Gasteiger partial charge in [-0.15, -0.1) is 0 Å². The Morgan fingerprint density at radius 2 is 1.97 bits per heavy atom. The van der Waals surface area contributed by atoms with Gasteiger partial charge in [0, 0.05) is 24.6 Å². The predicted octanol–water partition coefficient (Wildman–Crippen LogP) is 5.52. The molecule has 2 heterocycles. The number of pyridine rings is 2. The molecule has 3 rings (SSSR count). The Kier molecular flexibility index (Phi) is 8.70. The van der Waals surface area contributed by atoms with Crippen molar-refractivity contribution in [1.82, 2.24) is 14.9 Å². The van der Waals surface area contributed by atoms with Crippen LogP contribution in [0.15, 0.2) is 29.4 Å². The Hall–Kier alpha value is -2.46. The van der Waals surface area contributed by atoms with Gasteiger partial charge in [-0.25, -0.2) is 9.98 Å². The van der Waals surface area contributed by atoms with E-state index >= 15 is 0 Å². The number of nitrogens with zero attached hydrogens (tertiary/aromatic N) is 4. The summed E-state index contributed by atoms with van der Waals surface area (Å²) in [5, 5.41) is 8.83. The van der Waals surface area contributed by atoms with Crippen LogP contribution in [0.5, 0.6) is 0 Å². The monoisotopic (exact) mass is 494 g/mol. The smallest absolute Gasteiger partial charge is 0.396 e. The number of carbonyl (C=O) groups is 1. The van der Waals surface area contributed by atoms with Crippen molar-refractivity contribution >= 4 is 31.1 Å². The van der Waals surface area contributed by atoms with E-state index in [1.807, 2.05) is 6.92 Å². The zero-order valence-electron chi connectivity index (χ0n) is 19.2. The lowest BCUT2D eigenvalue weighted by Crippen LogP contribution is -2.35. The molecule has 0 aromatic carbocycles. The number of amides is 1. The van der Waals surface area contributed by atoms with E-state index < -0.39 is 17.1 Å². The molecule has 1 aliphatic carbocycles. The van der Waals surface area contributed by atoms with E-state index in [1.165, 1.54) is 17.3 Å². The molecule has 0 spiro atoms. The van der Waals surface area contributed by atoms with Gasteiger partial charge in [0.15, 0.2) is 0 Å². The van der Waals surface area contributed by atoms with Crippen molar-refractivity contribution in [1.29, 1.82) is 0 Å². The minimum Gasteiger partial charge on any atom is -0.396 e. The number of aliphatic imine (C=N–C) groups is 1. The van der Waals surface area contributed by atoms with Gasteiger partial charge in [0.2, 0.25) is 6.41 Å². The fourth-order valence-corrected chi connectivity index (χ4v) is 4.24. The molecule has 2 aromatic rings. The lowest BCUT2D eigenvalue weighted by Gasteiger charge is -2.25. The first-order chi connectivity index (χ1) is 16.2. The van der Waals surface area contributed by atoms with Gasteiger partial charge < -0.3 is 5.11 Å². The van der Waals surface area contributed by atoms with E-state index in [0.717, 1.165) is 55.6 Å². The number of halogens is 3. The molecular formula is C24H29F3N4O2S. The summed E-state index contributed by atoms with van der Waals surface area (Å²) in [6, 6.07) is 4.07. The number of hydrogen-bond donors (Lipinski definition) is 2. The van der Waals surface area contributed by atoms with Gasteiger partial charge in [0.05, 0.1) is 40.0 Å². The van der Waals surface area contributed by atoms with E-state index in [1.54, 1.807) is 13.0 Å². The number of alkyl halides is 3. The summed E-state index contributed by atoms with van der Waals surface area (Å²) in [7, 11) is 0. The molecule has 1 N–H and O–H groups in total. The molecule has 2 unspecified atom stereocenters. The van der Waals surface area contributed by atoms with Gasteiger partial charge in [0.1, 0.15) is 0 Å². The fraction of sp³-hybridized carbons (Fsp3) is 0.500.